The van der Waals surface area contributed by atoms with E-state index in [0.29, 0.717) is 0 Å². The lowest BCUT2D eigenvalue weighted by Crippen LogP contribution is -2.29. The second kappa shape index (κ2) is 15.1. The van der Waals surface area contributed by atoms with E-state index in [9.17, 15) is 0 Å². The van der Waals surface area contributed by atoms with Crippen LogP contribution >= 0.6 is 11.3 Å². The summed E-state index contributed by atoms with van der Waals surface area (Å²) in [5.74, 6) is 0. The number of nitrogens with zero attached hydrogens (tertiary/aromatic N) is 1. The third kappa shape index (κ3) is 5.49. The van der Waals surface area contributed by atoms with Crippen molar-refractivity contribution in [2.75, 3.05) is 4.90 Å². The molecule has 1 atom stereocenters. The molecule has 0 bridgehead atoms. The van der Waals surface area contributed by atoms with Gasteiger partial charge in [-0.3, -0.25) is 0 Å². The molecule has 70 heavy (non-hydrogen) atoms. The number of hydrogen-bond acceptors (Lipinski definition) is 3. The zero-order chi connectivity index (χ0) is 45.9. The number of para-hydroxylation sites is 3. The Hall–Kier alpha value is -8.76. The first-order valence-corrected chi connectivity index (χ1v) is 24.9. The molecule has 0 fully saturated rings. The first kappa shape index (κ1) is 39.3. The summed E-state index contributed by atoms with van der Waals surface area (Å²) in [6, 6.07) is 92.0. The average molecular weight is 908 g/mol. The molecule has 0 aliphatic heterocycles. The van der Waals surface area contributed by atoms with Crippen LogP contribution in [0, 0.1) is 0 Å². The average Bonchev–Trinajstić information content (AvgIpc) is 4.09. The van der Waals surface area contributed by atoms with Crippen molar-refractivity contribution in [2.45, 2.75) is 5.41 Å². The largest absolute Gasteiger partial charge is 0.455 e. The first-order chi connectivity index (χ1) is 34.7. The molecule has 1 spiro atoms. The highest BCUT2D eigenvalue weighted by molar-refractivity contribution is 7.26. The summed E-state index contributed by atoms with van der Waals surface area (Å²) in [7, 11) is 0. The van der Waals surface area contributed by atoms with Gasteiger partial charge in [-0.05, 0) is 104 Å². The van der Waals surface area contributed by atoms with Crippen LogP contribution < -0.4 is 4.90 Å². The summed E-state index contributed by atoms with van der Waals surface area (Å²) in [6.07, 6.45) is 0. The van der Waals surface area contributed by atoms with E-state index in [-0.39, 0.29) is 0 Å². The van der Waals surface area contributed by atoms with Crippen molar-refractivity contribution in [1.29, 1.82) is 0 Å². The number of fused-ring (bicyclic) bond motifs is 19. The molecule has 2 heterocycles. The molecule has 0 amide bonds. The van der Waals surface area contributed by atoms with E-state index in [0.717, 1.165) is 61.3 Å². The molecule has 2 aliphatic rings. The van der Waals surface area contributed by atoms with Crippen LogP contribution in [-0.4, -0.2) is 0 Å². The van der Waals surface area contributed by atoms with Gasteiger partial charge < -0.3 is 9.32 Å². The Morgan fingerprint density at radius 1 is 0.343 bits per heavy atom. The molecule has 0 radical (unpaired) electrons. The van der Waals surface area contributed by atoms with E-state index in [1.165, 1.54) is 75.8 Å². The van der Waals surface area contributed by atoms with Crippen molar-refractivity contribution in [3.8, 4) is 55.6 Å². The second-order valence-corrected chi connectivity index (χ2v) is 19.7. The number of rotatable bonds is 5. The number of hydrogen-bond donors (Lipinski definition) is 0. The third-order valence-electron chi connectivity index (χ3n) is 15.1. The summed E-state index contributed by atoms with van der Waals surface area (Å²) in [5, 5.41) is 4.88. The summed E-state index contributed by atoms with van der Waals surface area (Å²) in [4.78, 5) is 2.47. The lowest BCUT2D eigenvalue weighted by molar-refractivity contribution is 0.670. The van der Waals surface area contributed by atoms with Crippen molar-refractivity contribution < 1.29 is 4.42 Å². The van der Waals surface area contributed by atoms with Crippen molar-refractivity contribution in [2.24, 2.45) is 0 Å². The fourth-order valence-electron chi connectivity index (χ4n) is 12.2. The maximum Gasteiger partial charge on any atom is 0.143 e. The highest BCUT2D eigenvalue weighted by Crippen LogP contribution is 2.64. The number of furan rings is 1. The van der Waals surface area contributed by atoms with Crippen LogP contribution in [0.15, 0.2) is 253 Å². The van der Waals surface area contributed by atoms with Crippen LogP contribution in [0.25, 0.3) is 97.7 Å². The highest BCUT2D eigenvalue weighted by Gasteiger charge is 2.50. The zero-order valence-corrected chi connectivity index (χ0v) is 38.8. The minimum Gasteiger partial charge on any atom is -0.455 e. The van der Waals surface area contributed by atoms with Gasteiger partial charge in [0, 0.05) is 59.0 Å². The molecular weight excluding hydrogens is 867 g/mol. The quantitative estimate of drug-likeness (QED) is 0.171. The smallest absolute Gasteiger partial charge is 0.143 e. The Morgan fingerprint density at radius 3 is 1.74 bits per heavy atom. The molecule has 2 aromatic heterocycles. The maximum absolute atomic E-state index is 6.56. The van der Waals surface area contributed by atoms with Crippen LogP contribution in [0.4, 0.5) is 17.1 Å². The molecular formula is C67H41NOS. The molecule has 15 rings (SSSR count). The van der Waals surface area contributed by atoms with E-state index in [1.807, 2.05) is 17.4 Å². The number of thiophene rings is 1. The SMILES string of the molecule is c1ccc(-c2ccccc2N(c2ccc(-c3cccc4c3oc3ccccc34)cc2)c2ccc3c(c2)C2(c4ccccc4-c4ccccc4-3)c3ccccc3-c3c2ccc2c3sc3ccccc32)cc1. The van der Waals surface area contributed by atoms with Crippen molar-refractivity contribution in [3.63, 3.8) is 0 Å². The maximum atomic E-state index is 6.56. The van der Waals surface area contributed by atoms with Crippen LogP contribution in [-0.2, 0) is 5.41 Å². The Bertz CT molecular complexity index is 4250. The molecule has 2 nitrogen and oxygen atoms in total. The van der Waals surface area contributed by atoms with Crippen LogP contribution in [0.2, 0.25) is 0 Å². The van der Waals surface area contributed by atoms with Gasteiger partial charge in [0.15, 0.2) is 0 Å². The second-order valence-electron chi connectivity index (χ2n) is 18.6. The Kier molecular flexibility index (Phi) is 8.48. The lowest BCUT2D eigenvalue weighted by atomic mass is 9.65. The summed E-state index contributed by atoms with van der Waals surface area (Å²) in [5.41, 5.74) is 21.7. The summed E-state index contributed by atoms with van der Waals surface area (Å²) in [6.45, 7) is 0. The molecule has 13 aromatic rings. The zero-order valence-electron chi connectivity index (χ0n) is 37.9. The normalized spacial score (nSPS) is 14.3. The first-order valence-electron chi connectivity index (χ1n) is 24.1. The summed E-state index contributed by atoms with van der Waals surface area (Å²) >= 11 is 1.92. The van der Waals surface area contributed by atoms with Gasteiger partial charge >= 0.3 is 0 Å². The van der Waals surface area contributed by atoms with Crippen LogP contribution in [0.3, 0.4) is 0 Å². The van der Waals surface area contributed by atoms with Crippen molar-refractivity contribution in [3.05, 3.63) is 271 Å². The van der Waals surface area contributed by atoms with E-state index < -0.39 is 5.41 Å². The van der Waals surface area contributed by atoms with Gasteiger partial charge in [-0.15, -0.1) is 11.3 Å². The van der Waals surface area contributed by atoms with E-state index >= 15 is 0 Å². The van der Waals surface area contributed by atoms with Gasteiger partial charge in [0.05, 0.1) is 11.1 Å². The van der Waals surface area contributed by atoms with Crippen molar-refractivity contribution in [1.82, 2.24) is 0 Å². The predicted molar refractivity (Wildman–Crippen MR) is 294 cm³/mol. The molecule has 0 N–H and O–H groups in total. The standard InChI is InChI=1S/C67H41NOS/c1-2-17-42(18-3-1)46-19-8-13-30-61(46)68(44-35-33-43(34-36-44)47-26-16-27-54-52-23-9-14-31-62(52)69-65(47)54)45-37-38-51-49-21-5-4-20-48(49)50-22-6-11-28-57(50)67(60(51)41-45)58-29-12-7-25-56(58)64-59(67)40-39-55-53-24-10-15-32-63(53)70-66(55)64/h1-41H. The monoisotopic (exact) mass is 907 g/mol. The molecule has 2 aliphatic carbocycles. The van der Waals surface area contributed by atoms with Crippen LogP contribution in [0.5, 0.6) is 0 Å². The topological polar surface area (TPSA) is 16.4 Å². The Balaban J connectivity index is 1.02. The third-order valence-corrected chi connectivity index (χ3v) is 16.3. The Morgan fingerprint density at radius 2 is 0.929 bits per heavy atom. The predicted octanol–water partition coefficient (Wildman–Crippen LogP) is 18.8. The number of anilines is 3. The summed E-state index contributed by atoms with van der Waals surface area (Å²) < 4.78 is 9.21. The molecule has 11 aromatic carbocycles. The lowest BCUT2D eigenvalue weighted by Gasteiger charge is -2.36. The Labute approximate surface area is 409 Å². The van der Waals surface area contributed by atoms with Gasteiger partial charge in [-0.2, -0.15) is 0 Å². The van der Waals surface area contributed by atoms with Crippen molar-refractivity contribution >= 4 is 70.5 Å². The van der Waals surface area contributed by atoms with Gasteiger partial charge in [-0.1, -0.05) is 206 Å². The van der Waals surface area contributed by atoms with E-state index in [1.54, 1.807) is 0 Å². The molecule has 3 heteroatoms. The van der Waals surface area contributed by atoms with E-state index in [2.05, 4.69) is 248 Å². The fourth-order valence-corrected chi connectivity index (χ4v) is 13.5. The van der Waals surface area contributed by atoms with Gasteiger partial charge in [0.25, 0.3) is 0 Å². The van der Waals surface area contributed by atoms with Gasteiger partial charge in [0.1, 0.15) is 11.2 Å². The molecule has 0 saturated heterocycles. The highest BCUT2D eigenvalue weighted by atomic mass is 32.1. The van der Waals surface area contributed by atoms with Gasteiger partial charge in [-0.25, -0.2) is 0 Å². The number of benzene rings is 11. The fraction of sp³-hybridized carbons (Fsp3) is 0.0149. The minimum atomic E-state index is -0.656. The molecule has 0 saturated carbocycles. The van der Waals surface area contributed by atoms with Gasteiger partial charge in [0.2, 0.25) is 0 Å². The van der Waals surface area contributed by atoms with Crippen LogP contribution in [0.1, 0.15) is 22.3 Å². The molecule has 326 valence electrons. The molecule has 1 unspecified atom stereocenters. The van der Waals surface area contributed by atoms with E-state index in [4.69, 9.17) is 4.42 Å². The minimum absolute atomic E-state index is 0.656.